The molecule has 0 aromatic heterocycles. The topological polar surface area (TPSA) is 46.5 Å². The first-order chi connectivity index (χ1) is 9.19. The molecule has 0 amide bonds. The van der Waals surface area contributed by atoms with Crippen molar-refractivity contribution >= 4 is 40.8 Å². The molecule has 1 heterocycles. The molecule has 0 spiro atoms. The first-order valence-corrected chi connectivity index (χ1v) is 10.0. The number of ketones is 2. The van der Waals surface area contributed by atoms with Crippen molar-refractivity contribution in [1.29, 1.82) is 0 Å². The van der Waals surface area contributed by atoms with Gasteiger partial charge in [-0.3, -0.25) is 0 Å². The van der Waals surface area contributed by atoms with Crippen LogP contribution in [0.25, 0.3) is 5.70 Å². The van der Waals surface area contributed by atoms with Crippen LogP contribution in [0.3, 0.4) is 0 Å². The predicted molar refractivity (Wildman–Crippen MR) is 85.0 cm³/mol. The molecule has 0 saturated carbocycles. The first-order valence-electron chi connectivity index (χ1n) is 6.35. The van der Waals surface area contributed by atoms with Crippen molar-refractivity contribution in [3.63, 3.8) is 0 Å². The van der Waals surface area contributed by atoms with Gasteiger partial charge >= 0.3 is 119 Å². The van der Waals surface area contributed by atoms with Gasteiger partial charge in [0.15, 0.2) is 0 Å². The van der Waals surface area contributed by atoms with Crippen molar-refractivity contribution in [3.8, 4) is 0 Å². The summed E-state index contributed by atoms with van der Waals surface area (Å²) >= 11 is -1.71. The normalized spacial score (nSPS) is 19.5. The van der Waals surface area contributed by atoms with Crippen LogP contribution in [0.5, 0.6) is 0 Å². The van der Waals surface area contributed by atoms with Gasteiger partial charge in [-0.2, -0.15) is 0 Å². The van der Waals surface area contributed by atoms with Gasteiger partial charge < -0.3 is 0 Å². The third-order valence-electron chi connectivity index (χ3n) is 3.32. The van der Waals surface area contributed by atoms with E-state index in [0.717, 1.165) is 25.7 Å². The molecule has 0 radical (unpaired) electrons. The van der Waals surface area contributed by atoms with Crippen molar-refractivity contribution < 1.29 is 9.59 Å². The van der Waals surface area contributed by atoms with Crippen molar-refractivity contribution in [2.45, 2.75) is 20.3 Å². The van der Waals surface area contributed by atoms with Gasteiger partial charge in [0.2, 0.25) is 0 Å². The van der Waals surface area contributed by atoms with Crippen LogP contribution < -0.4 is 0 Å². The van der Waals surface area contributed by atoms with Gasteiger partial charge in [0.25, 0.3) is 0 Å². The maximum absolute atomic E-state index is 12.4. The van der Waals surface area contributed by atoms with Gasteiger partial charge in [-0.15, -0.1) is 0 Å². The summed E-state index contributed by atoms with van der Waals surface area (Å²) in [4.78, 5) is 29.3. The quantitative estimate of drug-likeness (QED) is 0.457. The third kappa shape index (κ3) is 1.73. The van der Waals surface area contributed by atoms with E-state index in [0.29, 0.717) is 5.56 Å². The number of halogens is 1. The fourth-order valence-electron chi connectivity index (χ4n) is 2.47. The molecular weight excluding hydrogens is 353 g/mol. The van der Waals surface area contributed by atoms with Gasteiger partial charge in [0.05, 0.1) is 0 Å². The molecule has 19 heavy (non-hydrogen) atoms. The Balaban J connectivity index is 2.26. The summed E-state index contributed by atoms with van der Waals surface area (Å²) in [6.07, 6.45) is 0.884. The molecule has 1 aromatic carbocycles. The summed E-state index contributed by atoms with van der Waals surface area (Å²) in [5.74, 6) is -0.648. The molecule has 1 aliphatic heterocycles. The van der Waals surface area contributed by atoms with Gasteiger partial charge in [-0.25, -0.2) is 0 Å². The number of carbonyl (C=O) groups excluding carboxylic acids is 2. The molecule has 0 unspecified atom stereocenters. The van der Waals surface area contributed by atoms with E-state index in [1.54, 1.807) is 12.1 Å². The molecule has 98 valence electrons. The molecular formula is C15H14INO2. The Kier molecular flexibility index (Phi) is 3.12. The summed E-state index contributed by atoms with van der Waals surface area (Å²) in [7, 11) is 0. The van der Waals surface area contributed by atoms with Crippen LogP contribution in [0.4, 0.5) is 0 Å². The van der Waals surface area contributed by atoms with E-state index in [4.69, 9.17) is 4.99 Å². The molecule has 3 nitrogen and oxygen atoms in total. The number of hydrogen-bond donors (Lipinski definition) is 0. The Morgan fingerprint density at radius 3 is 2.37 bits per heavy atom. The Hall–Kier alpha value is -1.30. The number of aliphatic imine (C=N–C) groups is 1. The number of rotatable bonds is 2. The van der Waals surface area contributed by atoms with Gasteiger partial charge in [-0.05, 0) is 0 Å². The van der Waals surface area contributed by atoms with E-state index in [-0.39, 0.29) is 11.6 Å². The zero-order chi connectivity index (χ0) is 13.6. The second kappa shape index (κ2) is 4.67. The summed E-state index contributed by atoms with van der Waals surface area (Å²) in [6.45, 7) is 4.18. The number of Topliss-reactive ketones (excluding diaryl/α,β-unsaturated/α-hetero) is 2. The standard InChI is InChI=1S/C15H14INO2/c1-3-11-16(4-2)12-13(17-11)9-7-5-6-8-10(9)14(18)15(12)19/h5-8H,3-4H2,1-2H3. The Morgan fingerprint density at radius 2 is 1.74 bits per heavy atom. The van der Waals surface area contributed by atoms with E-state index < -0.39 is 19.8 Å². The number of nitrogens with zero attached hydrogens (tertiary/aromatic N) is 1. The van der Waals surface area contributed by atoms with Crippen molar-refractivity contribution in [2.75, 3.05) is 4.43 Å². The molecule has 2 aliphatic rings. The first kappa shape index (κ1) is 12.7. The van der Waals surface area contributed by atoms with Crippen LogP contribution in [0.15, 0.2) is 32.8 Å². The summed E-state index contributed by atoms with van der Waals surface area (Å²) in [5, 5.41) is 0. The van der Waals surface area contributed by atoms with E-state index in [1.807, 2.05) is 12.1 Å². The van der Waals surface area contributed by atoms with Gasteiger partial charge in [0, 0.05) is 0 Å². The number of benzene rings is 1. The van der Waals surface area contributed by atoms with E-state index in [9.17, 15) is 9.59 Å². The van der Waals surface area contributed by atoms with Gasteiger partial charge in [-0.1, -0.05) is 0 Å². The second-order valence-electron chi connectivity index (χ2n) is 4.34. The molecule has 0 saturated heterocycles. The van der Waals surface area contributed by atoms with E-state index >= 15 is 0 Å². The van der Waals surface area contributed by atoms with Crippen LogP contribution in [0.2, 0.25) is 0 Å². The molecule has 1 aliphatic carbocycles. The minimum absolute atomic E-state index is 0.298. The second-order valence-corrected chi connectivity index (χ2v) is 10.3. The van der Waals surface area contributed by atoms with E-state index in [1.165, 1.54) is 3.72 Å². The zero-order valence-corrected chi connectivity index (χ0v) is 13.0. The maximum atomic E-state index is 12.4. The van der Waals surface area contributed by atoms with Gasteiger partial charge in [0.1, 0.15) is 0 Å². The zero-order valence-electron chi connectivity index (χ0n) is 10.9. The van der Waals surface area contributed by atoms with Crippen LogP contribution in [0, 0.1) is 0 Å². The average Bonchev–Trinajstić information content (AvgIpc) is 2.83. The molecule has 1 aromatic rings. The van der Waals surface area contributed by atoms with Crippen molar-refractivity contribution in [3.05, 3.63) is 39.0 Å². The number of hydrogen-bond acceptors (Lipinski definition) is 3. The molecule has 0 bridgehead atoms. The molecule has 3 rings (SSSR count). The summed E-state index contributed by atoms with van der Waals surface area (Å²) in [5.41, 5.74) is 2.16. The number of carbonyl (C=O) groups is 2. The Bertz CT molecular complexity index is 658. The fourth-order valence-corrected chi connectivity index (χ4v) is 8.05. The molecule has 0 fully saturated rings. The molecule has 0 atom stereocenters. The van der Waals surface area contributed by atoms with Crippen LogP contribution >= 0.6 is 19.8 Å². The van der Waals surface area contributed by atoms with Crippen LogP contribution in [0.1, 0.15) is 36.2 Å². The molecule has 4 heteroatoms. The molecule has 0 N–H and O–H groups in total. The Morgan fingerprint density at radius 1 is 1.05 bits per heavy atom. The number of alkyl halides is 1. The van der Waals surface area contributed by atoms with Crippen LogP contribution in [-0.4, -0.2) is 19.7 Å². The third-order valence-corrected chi connectivity index (χ3v) is 9.66. The predicted octanol–water partition coefficient (Wildman–Crippen LogP) is 3.47. The Labute approximate surface area is 119 Å². The summed E-state index contributed by atoms with van der Waals surface area (Å²) < 4.78 is 2.91. The SMILES string of the molecule is CCC1=NC2=C(C(=O)C(=O)c3ccccc32)I1CC. The number of fused-ring (bicyclic) bond motifs is 2. The minimum atomic E-state index is -1.71. The fraction of sp³-hybridized carbons (Fsp3) is 0.267. The summed E-state index contributed by atoms with van der Waals surface area (Å²) in [6, 6.07) is 7.33. The average molecular weight is 367 g/mol. The monoisotopic (exact) mass is 367 g/mol. The van der Waals surface area contributed by atoms with Crippen molar-refractivity contribution in [2.24, 2.45) is 4.99 Å². The van der Waals surface area contributed by atoms with E-state index in [2.05, 4.69) is 13.8 Å². The number of allylic oxidation sites excluding steroid dienone is 1. The van der Waals surface area contributed by atoms with Crippen LogP contribution in [-0.2, 0) is 4.79 Å². The van der Waals surface area contributed by atoms with Crippen molar-refractivity contribution in [1.82, 2.24) is 0 Å².